The van der Waals surface area contributed by atoms with Gasteiger partial charge in [0.2, 0.25) is 0 Å². The minimum atomic E-state index is 0.532. The molecule has 0 fully saturated rings. The zero-order chi connectivity index (χ0) is 15.1. The molecule has 1 aromatic heterocycles. The van der Waals surface area contributed by atoms with Gasteiger partial charge in [-0.05, 0) is 65.2 Å². The Hall–Kier alpha value is -1.12. The maximum atomic E-state index is 3.70. The van der Waals surface area contributed by atoms with E-state index in [-0.39, 0.29) is 0 Å². The van der Waals surface area contributed by atoms with E-state index in [0.29, 0.717) is 12.0 Å². The number of hydrogen-bond acceptors (Lipinski definition) is 2. The van der Waals surface area contributed by atoms with Gasteiger partial charge in [0, 0.05) is 6.04 Å². The first kappa shape index (κ1) is 16.3. The van der Waals surface area contributed by atoms with Crippen molar-refractivity contribution in [1.29, 1.82) is 0 Å². The van der Waals surface area contributed by atoms with Crippen LogP contribution in [-0.2, 0) is 12.8 Å². The Balaban J connectivity index is 1.99. The first-order valence-electron chi connectivity index (χ1n) is 8.02. The second kappa shape index (κ2) is 8.35. The van der Waals surface area contributed by atoms with Crippen LogP contribution in [-0.4, -0.2) is 12.6 Å². The lowest BCUT2D eigenvalue weighted by atomic mass is 9.97. The molecule has 1 unspecified atom stereocenters. The average Bonchev–Trinajstić information content (AvgIpc) is 2.98. The van der Waals surface area contributed by atoms with Crippen LogP contribution in [0.5, 0.6) is 0 Å². The highest BCUT2D eigenvalue weighted by atomic mass is 32.1. The Labute approximate surface area is 133 Å². The molecule has 2 heteroatoms. The highest BCUT2D eigenvalue weighted by Crippen LogP contribution is 2.17. The van der Waals surface area contributed by atoms with Gasteiger partial charge in [0.15, 0.2) is 0 Å². The van der Waals surface area contributed by atoms with Crippen molar-refractivity contribution >= 4 is 11.3 Å². The molecule has 1 aromatic carbocycles. The maximum Gasteiger partial charge on any atom is 0.0148 e. The Morgan fingerprint density at radius 1 is 1.00 bits per heavy atom. The van der Waals surface area contributed by atoms with E-state index in [2.05, 4.69) is 67.2 Å². The van der Waals surface area contributed by atoms with E-state index in [1.807, 2.05) is 0 Å². The molecular formula is C19H27NS. The van der Waals surface area contributed by atoms with Crippen molar-refractivity contribution in [3.8, 4) is 0 Å². The van der Waals surface area contributed by atoms with E-state index in [9.17, 15) is 0 Å². The standard InChI is InChI=1S/C19H27NS/c1-4-10-20-19(13-17-9-11-21-14-17)12-16-5-7-18(8-6-16)15(2)3/h5-9,11,14-15,19-20H,4,10,12-13H2,1-3H3. The summed E-state index contributed by atoms with van der Waals surface area (Å²) in [5, 5.41) is 8.13. The molecule has 1 heterocycles. The molecule has 0 saturated carbocycles. The molecule has 21 heavy (non-hydrogen) atoms. The van der Waals surface area contributed by atoms with Gasteiger partial charge in [-0.1, -0.05) is 45.0 Å². The third-order valence-corrected chi connectivity index (χ3v) is 4.61. The number of hydrogen-bond donors (Lipinski definition) is 1. The van der Waals surface area contributed by atoms with Crippen LogP contribution in [0.15, 0.2) is 41.1 Å². The smallest absolute Gasteiger partial charge is 0.0148 e. The highest BCUT2D eigenvalue weighted by molar-refractivity contribution is 7.07. The molecule has 0 bridgehead atoms. The number of nitrogens with one attached hydrogen (secondary N) is 1. The van der Waals surface area contributed by atoms with Crippen LogP contribution in [0.1, 0.15) is 49.8 Å². The molecule has 0 saturated heterocycles. The molecule has 0 amide bonds. The Bertz CT molecular complexity index is 499. The fourth-order valence-electron chi connectivity index (χ4n) is 2.58. The van der Waals surface area contributed by atoms with Gasteiger partial charge in [0.05, 0.1) is 0 Å². The number of rotatable bonds is 8. The molecular weight excluding hydrogens is 274 g/mol. The lowest BCUT2D eigenvalue weighted by Crippen LogP contribution is -2.33. The Morgan fingerprint density at radius 3 is 2.29 bits per heavy atom. The van der Waals surface area contributed by atoms with Gasteiger partial charge >= 0.3 is 0 Å². The van der Waals surface area contributed by atoms with E-state index in [1.54, 1.807) is 11.3 Å². The Morgan fingerprint density at radius 2 is 1.71 bits per heavy atom. The topological polar surface area (TPSA) is 12.0 Å². The molecule has 1 N–H and O–H groups in total. The van der Waals surface area contributed by atoms with E-state index in [4.69, 9.17) is 0 Å². The number of benzene rings is 1. The van der Waals surface area contributed by atoms with E-state index in [0.717, 1.165) is 19.4 Å². The predicted octanol–water partition coefficient (Wildman–Crippen LogP) is 5.02. The normalized spacial score (nSPS) is 12.8. The first-order valence-corrected chi connectivity index (χ1v) is 8.96. The zero-order valence-corrected chi connectivity index (χ0v) is 14.2. The molecule has 0 radical (unpaired) electrons. The van der Waals surface area contributed by atoms with E-state index in [1.165, 1.54) is 23.1 Å². The summed E-state index contributed by atoms with van der Waals surface area (Å²) in [6.45, 7) is 7.82. The Kier molecular flexibility index (Phi) is 6.47. The highest BCUT2D eigenvalue weighted by Gasteiger charge is 2.10. The van der Waals surface area contributed by atoms with Crippen LogP contribution in [0.25, 0.3) is 0 Å². The summed E-state index contributed by atoms with van der Waals surface area (Å²) in [7, 11) is 0. The van der Waals surface area contributed by atoms with Crippen LogP contribution in [0.3, 0.4) is 0 Å². The fourth-order valence-corrected chi connectivity index (χ4v) is 3.26. The second-order valence-electron chi connectivity index (χ2n) is 6.09. The summed E-state index contributed by atoms with van der Waals surface area (Å²) < 4.78 is 0. The van der Waals surface area contributed by atoms with Crippen molar-refractivity contribution < 1.29 is 0 Å². The monoisotopic (exact) mass is 301 g/mol. The largest absolute Gasteiger partial charge is 0.313 e. The van der Waals surface area contributed by atoms with Crippen LogP contribution in [0.4, 0.5) is 0 Å². The van der Waals surface area contributed by atoms with Crippen molar-refractivity contribution in [3.63, 3.8) is 0 Å². The summed E-state index contributed by atoms with van der Waals surface area (Å²) in [5.41, 5.74) is 4.31. The van der Waals surface area contributed by atoms with Crippen LogP contribution >= 0.6 is 11.3 Å². The van der Waals surface area contributed by atoms with Crippen LogP contribution in [0.2, 0.25) is 0 Å². The molecule has 1 nitrogen and oxygen atoms in total. The van der Waals surface area contributed by atoms with E-state index >= 15 is 0 Å². The molecule has 1 atom stereocenters. The van der Waals surface area contributed by atoms with E-state index < -0.39 is 0 Å². The molecule has 114 valence electrons. The lowest BCUT2D eigenvalue weighted by molar-refractivity contribution is 0.505. The fraction of sp³-hybridized carbons (Fsp3) is 0.474. The minimum Gasteiger partial charge on any atom is -0.313 e. The average molecular weight is 301 g/mol. The van der Waals surface area contributed by atoms with Gasteiger partial charge < -0.3 is 5.32 Å². The van der Waals surface area contributed by atoms with Gasteiger partial charge in [-0.25, -0.2) is 0 Å². The quantitative estimate of drug-likeness (QED) is 0.721. The van der Waals surface area contributed by atoms with Gasteiger partial charge in [0.25, 0.3) is 0 Å². The predicted molar refractivity (Wildman–Crippen MR) is 94.3 cm³/mol. The summed E-state index contributed by atoms with van der Waals surface area (Å²) in [6, 6.07) is 11.9. The number of thiophene rings is 1. The molecule has 0 aliphatic heterocycles. The van der Waals surface area contributed by atoms with Crippen molar-refractivity contribution in [3.05, 3.63) is 57.8 Å². The van der Waals surface area contributed by atoms with Crippen LogP contribution < -0.4 is 5.32 Å². The summed E-state index contributed by atoms with van der Waals surface area (Å²) >= 11 is 1.79. The molecule has 2 rings (SSSR count). The summed E-state index contributed by atoms with van der Waals surface area (Å²) in [4.78, 5) is 0. The van der Waals surface area contributed by atoms with Crippen molar-refractivity contribution in [1.82, 2.24) is 5.32 Å². The SMILES string of the molecule is CCCNC(Cc1ccc(C(C)C)cc1)Cc1ccsc1. The van der Waals surface area contributed by atoms with Gasteiger partial charge in [-0.2, -0.15) is 11.3 Å². The third kappa shape index (κ3) is 5.29. The molecule has 0 spiro atoms. The van der Waals surface area contributed by atoms with Crippen molar-refractivity contribution in [2.24, 2.45) is 0 Å². The zero-order valence-electron chi connectivity index (χ0n) is 13.4. The minimum absolute atomic E-state index is 0.532. The third-order valence-electron chi connectivity index (χ3n) is 3.87. The molecule has 0 aliphatic carbocycles. The molecule has 0 aliphatic rings. The second-order valence-corrected chi connectivity index (χ2v) is 6.87. The van der Waals surface area contributed by atoms with Gasteiger partial charge in [-0.3, -0.25) is 0 Å². The van der Waals surface area contributed by atoms with Gasteiger partial charge in [-0.15, -0.1) is 0 Å². The van der Waals surface area contributed by atoms with Crippen molar-refractivity contribution in [2.75, 3.05) is 6.54 Å². The summed E-state index contributed by atoms with van der Waals surface area (Å²) in [5.74, 6) is 0.610. The maximum absolute atomic E-state index is 3.70. The van der Waals surface area contributed by atoms with Crippen molar-refractivity contribution in [2.45, 2.75) is 52.0 Å². The summed E-state index contributed by atoms with van der Waals surface area (Å²) in [6.07, 6.45) is 3.41. The lowest BCUT2D eigenvalue weighted by Gasteiger charge is -2.18. The first-order chi connectivity index (χ1) is 10.2. The van der Waals surface area contributed by atoms with Gasteiger partial charge in [0.1, 0.15) is 0 Å². The van der Waals surface area contributed by atoms with Crippen LogP contribution in [0, 0.1) is 0 Å². The molecule has 2 aromatic rings.